The Balaban J connectivity index is 1.37. The first-order valence-corrected chi connectivity index (χ1v) is 15.8. The van der Waals surface area contributed by atoms with Crippen LogP contribution in [0.1, 0.15) is 13.8 Å². The number of anilines is 2. The van der Waals surface area contributed by atoms with Gasteiger partial charge in [0.2, 0.25) is 17.3 Å². The first kappa shape index (κ1) is 34.1. The molecule has 5 rings (SSSR count). The van der Waals surface area contributed by atoms with Gasteiger partial charge in [-0.25, -0.2) is 14.4 Å². The number of hydrogen-bond acceptors (Lipinski definition) is 8. The molecule has 250 valence electrons. The Morgan fingerprint density at radius 3 is 2.75 bits per heavy atom. The molecular formula is C37H43FN7O3+. The molecule has 0 spiro atoms. The minimum Gasteiger partial charge on any atom is -0.490 e. The van der Waals surface area contributed by atoms with Crippen molar-refractivity contribution in [3.05, 3.63) is 103 Å². The van der Waals surface area contributed by atoms with Crippen LogP contribution in [0.2, 0.25) is 0 Å². The Morgan fingerprint density at radius 2 is 2.06 bits per heavy atom. The number of ether oxygens (including phenoxy) is 2. The van der Waals surface area contributed by atoms with Crippen molar-refractivity contribution in [3.63, 3.8) is 0 Å². The third-order valence-corrected chi connectivity index (χ3v) is 8.41. The van der Waals surface area contributed by atoms with Crippen molar-refractivity contribution >= 4 is 40.2 Å². The SMILES string of the molecule is C=CC(C)/C(C)=C1/C=C(Oc2ccc(Nc3ncnc4ccc([N+]5=CCN(C(=O)/C=C/CN(C)C)CC5)c(OC)c34)cc2F)C=CN1C. The first-order valence-electron chi connectivity index (χ1n) is 15.8. The summed E-state index contributed by atoms with van der Waals surface area (Å²) in [4.78, 5) is 27.4. The molecule has 3 aromatic rings. The highest BCUT2D eigenvalue weighted by molar-refractivity contribution is 5.98. The zero-order chi connectivity index (χ0) is 34.4. The molecule has 2 aliphatic heterocycles. The maximum Gasteiger partial charge on any atom is 0.248 e. The lowest BCUT2D eigenvalue weighted by Crippen LogP contribution is -2.41. The van der Waals surface area contributed by atoms with Crippen LogP contribution in [0.25, 0.3) is 10.9 Å². The monoisotopic (exact) mass is 652 g/mol. The zero-order valence-corrected chi connectivity index (χ0v) is 28.4. The number of allylic oxidation sites excluding steroid dienone is 4. The molecule has 3 heterocycles. The van der Waals surface area contributed by atoms with Crippen LogP contribution in [-0.2, 0) is 4.79 Å². The van der Waals surface area contributed by atoms with Gasteiger partial charge in [0.1, 0.15) is 17.9 Å². The molecule has 0 radical (unpaired) electrons. The molecule has 0 fully saturated rings. The number of hydrogen-bond donors (Lipinski definition) is 1. The van der Waals surface area contributed by atoms with E-state index in [0.717, 1.165) is 17.0 Å². The quantitative estimate of drug-likeness (QED) is 0.153. The van der Waals surface area contributed by atoms with E-state index >= 15 is 4.39 Å². The molecule has 0 saturated carbocycles. The molecule has 10 nitrogen and oxygen atoms in total. The third kappa shape index (κ3) is 7.63. The highest BCUT2D eigenvalue weighted by atomic mass is 19.1. The molecule has 48 heavy (non-hydrogen) atoms. The maximum absolute atomic E-state index is 15.4. The van der Waals surface area contributed by atoms with Crippen LogP contribution < -0.4 is 14.8 Å². The van der Waals surface area contributed by atoms with E-state index in [1.54, 1.807) is 36.3 Å². The summed E-state index contributed by atoms with van der Waals surface area (Å²) in [6, 6.07) is 8.54. The highest BCUT2D eigenvalue weighted by Gasteiger charge is 2.27. The summed E-state index contributed by atoms with van der Waals surface area (Å²) < 4.78 is 29.4. The molecule has 0 bridgehead atoms. The van der Waals surface area contributed by atoms with Crippen molar-refractivity contribution in [2.45, 2.75) is 13.8 Å². The Hall–Kier alpha value is -5.29. The second-order valence-corrected chi connectivity index (χ2v) is 12.0. The van der Waals surface area contributed by atoms with Gasteiger partial charge in [-0.05, 0) is 56.8 Å². The fourth-order valence-corrected chi connectivity index (χ4v) is 5.48. The van der Waals surface area contributed by atoms with Crippen molar-refractivity contribution in [2.75, 3.05) is 59.7 Å². The maximum atomic E-state index is 15.4. The van der Waals surface area contributed by atoms with Gasteiger partial charge in [0.25, 0.3) is 0 Å². The second kappa shape index (κ2) is 15.1. The summed E-state index contributed by atoms with van der Waals surface area (Å²) in [5, 5.41) is 3.90. The summed E-state index contributed by atoms with van der Waals surface area (Å²) in [6.07, 6.45) is 14.4. The molecular weight excluding hydrogens is 609 g/mol. The van der Waals surface area contributed by atoms with E-state index in [0.29, 0.717) is 60.1 Å². The van der Waals surface area contributed by atoms with Gasteiger partial charge in [-0.15, -0.1) is 6.58 Å². The predicted molar refractivity (Wildman–Crippen MR) is 189 cm³/mol. The third-order valence-electron chi connectivity index (χ3n) is 8.41. The number of nitrogens with zero attached hydrogens (tertiary/aromatic N) is 6. The van der Waals surface area contributed by atoms with E-state index in [1.165, 1.54) is 12.4 Å². The lowest BCUT2D eigenvalue weighted by molar-refractivity contribution is -0.442. The van der Waals surface area contributed by atoms with E-state index in [1.807, 2.05) is 73.7 Å². The van der Waals surface area contributed by atoms with Crippen molar-refractivity contribution in [3.8, 4) is 11.5 Å². The molecule has 1 N–H and O–H groups in total. The smallest absolute Gasteiger partial charge is 0.248 e. The highest BCUT2D eigenvalue weighted by Crippen LogP contribution is 2.39. The van der Waals surface area contributed by atoms with Crippen LogP contribution in [0, 0.1) is 11.7 Å². The van der Waals surface area contributed by atoms with Gasteiger partial charge >= 0.3 is 0 Å². The number of halogens is 1. The number of carbonyl (C=O) groups is 1. The van der Waals surface area contributed by atoms with Gasteiger partial charge < -0.3 is 29.5 Å². The summed E-state index contributed by atoms with van der Waals surface area (Å²) in [5.41, 5.74) is 4.08. The summed E-state index contributed by atoms with van der Waals surface area (Å²) in [7, 11) is 7.48. The Bertz CT molecular complexity index is 1860. The number of likely N-dealkylation sites (N-methyl/N-ethyl adjacent to an activating group) is 2. The van der Waals surface area contributed by atoms with E-state index < -0.39 is 5.82 Å². The lowest BCUT2D eigenvalue weighted by atomic mass is 9.99. The second-order valence-electron chi connectivity index (χ2n) is 12.0. The van der Waals surface area contributed by atoms with E-state index in [-0.39, 0.29) is 17.6 Å². The fraction of sp³-hybridized carbons (Fsp3) is 0.297. The molecule has 1 amide bonds. The van der Waals surface area contributed by atoms with Crippen molar-refractivity contribution < 1.29 is 23.2 Å². The standard InChI is InChI=1S/C37H43FN7O3/c1-8-25(2)26(3)32-23-28(15-17-43(32)6)48-33-14-11-27(22-29(33)38)41-37-35-30(39-24-40-37)12-13-31(36(35)47-7)44-18-20-45(21-19-44)34(46)10-9-16-42(4)5/h8-15,17-18,22-25H,1,16,19-21H2,2-7H3,(H,39,40,41)/q+1/b10-9+,32-26-. The Morgan fingerprint density at radius 1 is 1.25 bits per heavy atom. The largest absolute Gasteiger partial charge is 0.490 e. The van der Waals surface area contributed by atoms with E-state index in [9.17, 15) is 4.79 Å². The molecule has 2 aromatic carbocycles. The average molecular weight is 653 g/mol. The van der Waals surface area contributed by atoms with Crippen molar-refractivity contribution in [1.29, 1.82) is 0 Å². The molecule has 1 atom stereocenters. The van der Waals surface area contributed by atoms with Crippen LogP contribution in [0.3, 0.4) is 0 Å². The number of carbonyl (C=O) groups excluding carboxylic acids is 1. The number of fused-ring (bicyclic) bond motifs is 1. The summed E-state index contributed by atoms with van der Waals surface area (Å²) in [6.45, 7) is 10.3. The number of nitrogens with one attached hydrogen (secondary N) is 1. The summed E-state index contributed by atoms with van der Waals surface area (Å²) >= 11 is 0. The lowest BCUT2D eigenvalue weighted by Gasteiger charge is -2.25. The number of aromatic nitrogens is 2. The zero-order valence-electron chi connectivity index (χ0n) is 28.4. The molecule has 1 aromatic heterocycles. The minimum absolute atomic E-state index is 0.0175. The van der Waals surface area contributed by atoms with E-state index in [4.69, 9.17) is 9.47 Å². The van der Waals surface area contributed by atoms with Crippen LogP contribution >= 0.6 is 0 Å². The van der Waals surface area contributed by atoms with E-state index in [2.05, 4.69) is 40.3 Å². The number of methoxy groups -OCH3 is 1. The minimum atomic E-state index is -0.528. The van der Waals surface area contributed by atoms with Gasteiger partial charge in [0, 0.05) is 55.5 Å². The molecule has 2 aliphatic rings. The molecule has 0 aliphatic carbocycles. The van der Waals surface area contributed by atoms with Gasteiger partial charge in [-0.2, -0.15) is 4.58 Å². The Labute approximate surface area is 281 Å². The van der Waals surface area contributed by atoms with Crippen molar-refractivity contribution in [2.24, 2.45) is 5.92 Å². The Kier molecular flexibility index (Phi) is 10.7. The molecule has 1 unspecified atom stereocenters. The van der Waals surface area contributed by atoms with Gasteiger partial charge in [0.05, 0.1) is 31.1 Å². The van der Waals surface area contributed by atoms with Crippen molar-refractivity contribution in [1.82, 2.24) is 24.7 Å². The molecule has 0 saturated heterocycles. The van der Waals surface area contributed by atoms with Crippen LogP contribution in [0.15, 0.2) is 96.8 Å². The number of benzene rings is 2. The number of amides is 1. The number of rotatable bonds is 11. The summed E-state index contributed by atoms with van der Waals surface area (Å²) in [5.74, 6) is 1.30. The topological polar surface area (TPSA) is 86.1 Å². The van der Waals surface area contributed by atoms with Crippen LogP contribution in [0.5, 0.6) is 11.5 Å². The van der Waals surface area contributed by atoms with Gasteiger partial charge in [-0.1, -0.05) is 19.1 Å². The van der Waals surface area contributed by atoms with Gasteiger partial charge in [0.15, 0.2) is 24.3 Å². The predicted octanol–water partition coefficient (Wildman–Crippen LogP) is 6.01. The van der Waals surface area contributed by atoms with Crippen LogP contribution in [0.4, 0.5) is 21.6 Å². The normalized spacial score (nSPS) is 16.6. The van der Waals surface area contributed by atoms with Crippen LogP contribution in [-0.4, -0.2) is 95.8 Å². The fourth-order valence-electron chi connectivity index (χ4n) is 5.48. The average Bonchev–Trinajstić information content (AvgIpc) is 3.09. The first-order chi connectivity index (χ1) is 23.1. The molecule has 11 heteroatoms. The van der Waals surface area contributed by atoms with Gasteiger partial charge in [-0.3, -0.25) is 4.79 Å².